The van der Waals surface area contributed by atoms with Gasteiger partial charge < -0.3 is 10.5 Å². The molecule has 3 heteroatoms. The van der Waals surface area contributed by atoms with Gasteiger partial charge in [-0.05, 0) is 40.5 Å². The van der Waals surface area contributed by atoms with Crippen LogP contribution in [0.15, 0.2) is 22.7 Å². The van der Waals surface area contributed by atoms with E-state index in [1.165, 1.54) is 5.56 Å². The molecule has 12 heavy (non-hydrogen) atoms. The molecule has 0 saturated heterocycles. The predicted octanol–water partition coefficient (Wildman–Crippen LogP) is 1.38. The first-order valence-electron chi connectivity index (χ1n) is 3.92. The van der Waals surface area contributed by atoms with Gasteiger partial charge in [-0.25, -0.2) is 0 Å². The first-order chi connectivity index (χ1) is 5.74. The second kappa shape index (κ2) is 4.48. The quantitative estimate of drug-likeness (QED) is 0.838. The maximum absolute atomic E-state index is 5.43. The fraction of sp³-hybridized carbons (Fsp3) is 0.333. The Morgan fingerprint density at radius 3 is 2.83 bits per heavy atom. The van der Waals surface area contributed by atoms with Crippen LogP contribution in [0.5, 0.6) is 5.75 Å². The highest BCUT2D eigenvalue weighted by atomic mass is 79.9. The average molecular weight is 231 g/mol. The maximum Gasteiger partial charge on any atom is 0.137 e. The highest BCUT2D eigenvalue weighted by molar-refractivity contribution is 9.10. The van der Waals surface area contributed by atoms with E-state index in [0.29, 0.717) is 6.61 Å². The van der Waals surface area contributed by atoms with Crippen molar-refractivity contribution >= 4 is 15.9 Å². The number of halogens is 1. The van der Waals surface area contributed by atoms with E-state index in [9.17, 15) is 0 Å². The van der Waals surface area contributed by atoms with Gasteiger partial charge in [0, 0.05) is 0 Å². The minimum absolute atomic E-state index is 0.668. The van der Waals surface area contributed by atoms with E-state index in [1.807, 2.05) is 18.2 Å². The van der Waals surface area contributed by atoms with Crippen molar-refractivity contribution in [3.63, 3.8) is 0 Å². The SMILES string of the molecule is Cc1ccc(OCC[NH3+])c(Br)c1. The van der Waals surface area contributed by atoms with Crippen molar-refractivity contribution in [2.45, 2.75) is 6.92 Å². The summed E-state index contributed by atoms with van der Waals surface area (Å²) in [7, 11) is 0. The smallest absolute Gasteiger partial charge is 0.137 e. The Morgan fingerprint density at radius 2 is 2.25 bits per heavy atom. The van der Waals surface area contributed by atoms with Gasteiger partial charge in [0.2, 0.25) is 0 Å². The van der Waals surface area contributed by atoms with Crippen LogP contribution in [0.3, 0.4) is 0 Å². The molecule has 0 bridgehead atoms. The van der Waals surface area contributed by atoms with Crippen LogP contribution < -0.4 is 10.5 Å². The first-order valence-corrected chi connectivity index (χ1v) is 4.71. The van der Waals surface area contributed by atoms with Crippen LogP contribution in [-0.2, 0) is 0 Å². The molecule has 0 radical (unpaired) electrons. The topological polar surface area (TPSA) is 36.9 Å². The van der Waals surface area contributed by atoms with Gasteiger partial charge in [-0.15, -0.1) is 0 Å². The van der Waals surface area contributed by atoms with Crippen molar-refractivity contribution in [1.82, 2.24) is 0 Å². The van der Waals surface area contributed by atoms with Gasteiger partial charge >= 0.3 is 0 Å². The molecule has 1 rings (SSSR count). The van der Waals surface area contributed by atoms with Gasteiger partial charge in [0.1, 0.15) is 18.9 Å². The number of quaternary nitrogens is 1. The number of hydrogen-bond donors (Lipinski definition) is 1. The van der Waals surface area contributed by atoms with Crippen molar-refractivity contribution < 1.29 is 10.5 Å². The minimum Gasteiger partial charge on any atom is -0.487 e. The molecule has 0 unspecified atom stereocenters. The highest BCUT2D eigenvalue weighted by Gasteiger charge is 1.99. The van der Waals surface area contributed by atoms with Gasteiger partial charge in [0.05, 0.1) is 4.47 Å². The second-order valence-electron chi connectivity index (χ2n) is 2.64. The molecule has 0 aliphatic heterocycles. The van der Waals surface area contributed by atoms with Crippen LogP contribution >= 0.6 is 15.9 Å². The van der Waals surface area contributed by atoms with Crippen molar-refractivity contribution in [2.24, 2.45) is 0 Å². The van der Waals surface area contributed by atoms with Gasteiger partial charge in [0.25, 0.3) is 0 Å². The molecule has 0 aromatic heterocycles. The molecule has 0 atom stereocenters. The molecule has 1 aromatic rings. The third kappa shape index (κ3) is 2.50. The molecular weight excluding hydrogens is 218 g/mol. The van der Waals surface area contributed by atoms with Gasteiger partial charge in [-0.1, -0.05) is 6.07 Å². The molecule has 0 fully saturated rings. The summed E-state index contributed by atoms with van der Waals surface area (Å²) in [6.07, 6.45) is 0. The second-order valence-corrected chi connectivity index (χ2v) is 3.49. The summed E-state index contributed by atoms with van der Waals surface area (Å²) >= 11 is 3.43. The number of hydrogen-bond acceptors (Lipinski definition) is 1. The molecule has 0 spiro atoms. The Kier molecular flexibility index (Phi) is 3.56. The van der Waals surface area contributed by atoms with Crippen molar-refractivity contribution in [1.29, 1.82) is 0 Å². The summed E-state index contributed by atoms with van der Waals surface area (Å²) in [4.78, 5) is 0. The van der Waals surface area contributed by atoms with E-state index >= 15 is 0 Å². The molecular formula is C9H13BrNO+. The van der Waals surface area contributed by atoms with Crippen LogP contribution in [0, 0.1) is 6.92 Å². The summed E-state index contributed by atoms with van der Waals surface area (Å²) in [6, 6.07) is 6.04. The summed E-state index contributed by atoms with van der Waals surface area (Å²) in [6.45, 7) is 3.51. The Balaban J connectivity index is 2.72. The third-order valence-electron chi connectivity index (χ3n) is 1.49. The number of aryl methyl sites for hydroxylation is 1. The lowest BCUT2D eigenvalue weighted by Crippen LogP contribution is -2.52. The van der Waals surface area contributed by atoms with Crippen LogP contribution in [0.25, 0.3) is 0 Å². The summed E-state index contributed by atoms with van der Waals surface area (Å²) in [5, 5.41) is 0. The zero-order valence-corrected chi connectivity index (χ0v) is 8.73. The van der Waals surface area contributed by atoms with Crippen LogP contribution in [0.4, 0.5) is 0 Å². The standard InChI is InChI=1S/C9H12BrNO/c1-7-2-3-9(8(10)6-7)12-5-4-11/h2-3,6H,4-5,11H2,1H3/p+1. The lowest BCUT2D eigenvalue weighted by molar-refractivity contribution is -0.370. The lowest BCUT2D eigenvalue weighted by Gasteiger charge is -2.05. The van der Waals surface area contributed by atoms with E-state index in [0.717, 1.165) is 16.8 Å². The lowest BCUT2D eigenvalue weighted by atomic mass is 10.2. The van der Waals surface area contributed by atoms with Crippen molar-refractivity contribution in [3.05, 3.63) is 28.2 Å². The van der Waals surface area contributed by atoms with Gasteiger partial charge in [-0.3, -0.25) is 0 Å². The normalized spacial score (nSPS) is 9.92. The van der Waals surface area contributed by atoms with Crippen LogP contribution in [0.2, 0.25) is 0 Å². The predicted molar refractivity (Wildman–Crippen MR) is 52.1 cm³/mol. The van der Waals surface area contributed by atoms with Gasteiger partial charge in [0.15, 0.2) is 0 Å². The third-order valence-corrected chi connectivity index (χ3v) is 2.11. The van der Waals surface area contributed by atoms with E-state index < -0.39 is 0 Å². The molecule has 0 aliphatic carbocycles. The minimum atomic E-state index is 0.668. The molecule has 0 amide bonds. The van der Waals surface area contributed by atoms with E-state index in [1.54, 1.807) is 0 Å². The van der Waals surface area contributed by atoms with E-state index in [-0.39, 0.29) is 0 Å². The summed E-state index contributed by atoms with van der Waals surface area (Å²) in [5.74, 6) is 0.893. The van der Waals surface area contributed by atoms with Gasteiger partial charge in [-0.2, -0.15) is 0 Å². The number of ether oxygens (including phenoxy) is 1. The number of benzene rings is 1. The highest BCUT2D eigenvalue weighted by Crippen LogP contribution is 2.25. The summed E-state index contributed by atoms with van der Waals surface area (Å²) < 4.78 is 6.44. The maximum atomic E-state index is 5.43. The average Bonchev–Trinajstić information content (AvgIpc) is 2.03. The monoisotopic (exact) mass is 230 g/mol. The van der Waals surface area contributed by atoms with Crippen LogP contribution in [0.1, 0.15) is 5.56 Å². The summed E-state index contributed by atoms with van der Waals surface area (Å²) in [5.41, 5.74) is 4.93. The van der Waals surface area contributed by atoms with Crippen molar-refractivity contribution in [3.8, 4) is 5.75 Å². The molecule has 66 valence electrons. The Hall–Kier alpha value is -0.540. The van der Waals surface area contributed by atoms with E-state index in [4.69, 9.17) is 4.74 Å². The zero-order chi connectivity index (χ0) is 8.97. The molecule has 1 aromatic carbocycles. The van der Waals surface area contributed by atoms with E-state index in [2.05, 4.69) is 28.6 Å². The zero-order valence-electron chi connectivity index (χ0n) is 7.14. The molecule has 0 heterocycles. The fourth-order valence-electron chi connectivity index (χ4n) is 0.905. The van der Waals surface area contributed by atoms with Crippen LogP contribution in [-0.4, -0.2) is 13.2 Å². The molecule has 2 nitrogen and oxygen atoms in total. The largest absolute Gasteiger partial charge is 0.487 e. The molecule has 3 N–H and O–H groups in total. The Morgan fingerprint density at radius 1 is 1.50 bits per heavy atom. The fourth-order valence-corrected chi connectivity index (χ4v) is 1.51. The first kappa shape index (κ1) is 9.55. The Labute approximate surface area is 80.8 Å². The Bertz CT molecular complexity index is 263. The molecule has 0 saturated carbocycles. The number of rotatable bonds is 3. The van der Waals surface area contributed by atoms with Crippen molar-refractivity contribution in [2.75, 3.05) is 13.2 Å². The molecule has 0 aliphatic rings.